The zero-order chi connectivity index (χ0) is 18.1. The first-order chi connectivity index (χ1) is 12.6. The van der Waals surface area contributed by atoms with Crippen LogP contribution in [0.5, 0.6) is 0 Å². The molecule has 4 rings (SSSR count). The fourth-order valence-electron chi connectivity index (χ4n) is 2.87. The van der Waals surface area contributed by atoms with Crippen LogP contribution in [0.3, 0.4) is 0 Å². The quantitative estimate of drug-likeness (QED) is 0.530. The van der Waals surface area contributed by atoms with Gasteiger partial charge in [-0.15, -0.1) is 0 Å². The van der Waals surface area contributed by atoms with Crippen molar-refractivity contribution >= 4 is 16.7 Å². The lowest BCUT2D eigenvalue weighted by Gasteiger charge is -2.06. The molecule has 0 atom stereocenters. The Kier molecular flexibility index (Phi) is 4.01. The molecule has 0 bridgehead atoms. The number of imidazole rings is 1. The molecule has 0 saturated heterocycles. The van der Waals surface area contributed by atoms with Crippen LogP contribution in [0.1, 0.15) is 16.1 Å². The Hall–Kier alpha value is -3.41. The second-order valence-electron chi connectivity index (χ2n) is 6.11. The van der Waals surface area contributed by atoms with Gasteiger partial charge in [0.25, 0.3) is 0 Å². The molecule has 4 aromatic rings. The summed E-state index contributed by atoms with van der Waals surface area (Å²) in [5, 5.41) is 9.24. The molecule has 26 heavy (non-hydrogen) atoms. The van der Waals surface area contributed by atoms with Gasteiger partial charge in [0.05, 0.1) is 35.8 Å². The maximum Gasteiger partial charge on any atom is 0.168 e. The average molecular weight is 346 g/mol. The minimum Gasteiger partial charge on any atom is -0.334 e. The molecule has 2 aromatic carbocycles. The van der Waals surface area contributed by atoms with E-state index in [0.29, 0.717) is 11.3 Å². The topological polar surface area (TPSA) is 60.7 Å². The molecule has 5 nitrogen and oxygen atoms in total. The van der Waals surface area contributed by atoms with E-state index < -0.39 is 0 Å². The molecular formula is C20H15FN4O. The fourth-order valence-corrected chi connectivity index (χ4v) is 2.87. The highest BCUT2D eigenvalue weighted by molar-refractivity contribution is 5.97. The maximum atomic E-state index is 13.0. The summed E-state index contributed by atoms with van der Waals surface area (Å²) in [4.78, 5) is 16.5. The number of halogens is 1. The Bertz CT molecular complexity index is 1100. The first-order valence-corrected chi connectivity index (χ1v) is 8.12. The van der Waals surface area contributed by atoms with Gasteiger partial charge in [-0.1, -0.05) is 6.07 Å². The Morgan fingerprint density at radius 3 is 2.62 bits per heavy atom. The van der Waals surface area contributed by atoms with E-state index in [4.69, 9.17) is 0 Å². The molecule has 0 amide bonds. The van der Waals surface area contributed by atoms with Gasteiger partial charge >= 0.3 is 0 Å². The van der Waals surface area contributed by atoms with E-state index in [1.807, 2.05) is 35.9 Å². The number of fused-ring (bicyclic) bond motifs is 1. The number of ketones is 1. The molecule has 0 spiro atoms. The van der Waals surface area contributed by atoms with Crippen molar-refractivity contribution in [1.82, 2.24) is 19.7 Å². The average Bonchev–Trinajstić information content (AvgIpc) is 3.07. The number of carbonyl (C=O) groups is 1. The number of nitrogens with zero attached hydrogens (tertiary/aromatic N) is 4. The number of hydrogen-bond acceptors (Lipinski definition) is 4. The molecule has 0 aliphatic carbocycles. The summed E-state index contributed by atoms with van der Waals surface area (Å²) in [6.07, 6.45) is 3.66. The monoisotopic (exact) mass is 346 g/mol. The number of aryl methyl sites for hydroxylation is 1. The normalized spacial score (nSPS) is 11.0. The lowest BCUT2D eigenvalue weighted by Crippen LogP contribution is -2.06. The highest BCUT2D eigenvalue weighted by Crippen LogP contribution is 2.23. The molecule has 0 fully saturated rings. The van der Waals surface area contributed by atoms with Crippen LogP contribution in [0.25, 0.3) is 22.2 Å². The van der Waals surface area contributed by atoms with E-state index in [9.17, 15) is 9.18 Å². The molecule has 0 unspecified atom stereocenters. The molecule has 6 heteroatoms. The largest absolute Gasteiger partial charge is 0.334 e. The number of hydrogen-bond donors (Lipinski definition) is 0. The molecule has 0 aliphatic rings. The minimum atomic E-state index is -0.366. The third-order valence-electron chi connectivity index (χ3n) is 4.26. The van der Waals surface area contributed by atoms with Crippen LogP contribution in [0.15, 0.2) is 61.1 Å². The van der Waals surface area contributed by atoms with E-state index in [1.165, 1.54) is 24.3 Å². The lowest BCUT2D eigenvalue weighted by molar-refractivity contribution is 0.0991. The number of rotatable bonds is 4. The van der Waals surface area contributed by atoms with Gasteiger partial charge in [0.1, 0.15) is 5.82 Å². The second-order valence-corrected chi connectivity index (χ2v) is 6.11. The Morgan fingerprint density at radius 2 is 1.88 bits per heavy atom. The predicted octanol–water partition coefficient (Wildman–Crippen LogP) is 3.59. The van der Waals surface area contributed by atoms with E-state index in [-0.39, 0.29) is 18.0 Å². The molecule has 0 saturated carbocycles. The standard InChI is InChI=1S/C20H15FN4O/c1-25-12-22-11-19(25)14-4-7-18-15(8-14)9-17(23-24-18)10-20(26)13-2-5-16(21)6-3-13/h2-9,11-12H,10H2,1H3. The molecule has 0 radical (unpaired) electrons. The summed E-state index contributed by atoms with van der Waals surface area (Å²) < 4.78 is 14.9. The van der Waals surface area contributed by atoms with Crippen LogP contribution >= 0.6 is 0 Å². The van der Waals surface area contributed by atoms with Gasteiger partial charge in [0.15, 0.2) is 5.78 Å². The van der Waals surface area contributed by atoms with Crippen molar-refractivity contribution in [2.45, 2.75) is 6.42 Å². The van der Waals surface area contributed by atoms with Crippen LogP contribution in [0.4, 0.5) is 4.39 Å². The highest BCUT2D eigenvalue weighted by Gasteiger charge is 2.11. The Morgan fingerprint density at radius 1 is 1.08 bits per heavy atom. The van der Waals surface area contributed by atoms with Gasteiger partial charge in [0, 0.05) is 23.6 Å². The van der Waals surface area contributed by atoms with E-state index in [0.717, 1.165) is 22.2 Å². The van der Waals surface area contributed by atoms with E-state index in [2.05, 4.69) is 15.2 Å². The summed E-state index contributed by atoms with van der Waals surface area (Å²) >= 11 is 0. The molecule has 128 valence electrons. The third-order valence-corrected chi connectivity index (χ3v) is 4.26. The Balaban J connectivity index is 1.65. The van der Waals surface area contributed by atoms with E-state index in [1.54, 1.807) is 12.5 Å². The smallest absolute Gasteiger partial charge is 0.168 e. The lowest BCUT2D eigenvalue weighted by atomic mass is 10.0. The van der Waals surface area contributed by atoms with Gasteiger partial charge < -0.3 is 4.57 Å². The van der Waals surface area contributed by atoms with Crippen molar-refractivity contribution in [2.24, 2.45) is 7.05 Å². The van der Waals surface area contributed by atoms with Crippen LogP contribution in [0, 0.1) is 5.82 Å². The Labute approximate surface area is 149 Å². The van der Waals surface area contributed by atoms with Crippen molar-refractivity contribution in [3.05, 3.63) is 78.1 Å². The van der Waals surface area contributed by atoms with Crippen LogP contribution in [0.2, 0.25) is 0 Å². The molecule has 2 heterocycles. The van der Waals surface area contributed by atoms with Crippen LogP contribution < -0.4 is 0 Å². The van der Waals surface area contributed by atoms with Gasteiger partial charge in [-0.05, 0) is 42.5 Å². The summed E-state index contributed by atoms with van der Waals surface area (Å²) in [7, 11) is 1.93. The fraction of sp³-hybridized carbons (Fsp3) is 0.100. The van der Waals surface area contributed by atoms with Crippen molar-refractivity contribution in [3.8, 4) is 11.3 Å². The number of benzene rings is 2. The summed E-state index contributed by atoms with van der Waals surface area (Å²) in [5.74, 6) is -0.490. The summed E-state index contributed by atoms with van der Waals surface area (Å²) in [6.45, 7) is 0. The molecule has 0 aliphatic heterocycles. The second kappa shape index (κ2) is 6.48. The third kappa shape index (κ3) is 3.09. The maximum absolute atomic E-state index is 13.0. The first-order valence-electron chi connectivity index (χ1n) is 8.12. The molecule has 0 N–H and O–H groups in total. The highest BCUT2D eigenvalue weighted by atomic mass is 19.1. The van der Waals surface area contributed by atoms with Crippen molar-refractivity contribution in [3.63, 3.8) is 0 Å². The molecular weight excluding hydrogens is 331 g/mol. The first kappa shape index (κ1) is 16.1. The zero-order valence-electron chi connectivity index (χ0n) is 14.1. The van der Waals surface area contributed by atoms with Crippen molar-refractivity contribution in [1.29, 1.82) is 0 Å². The van der Waals surface area contributed by atoms with E-state index >= 15 is 0 Å². The van der Waals surface area contributed by atoms with Crippen molar-refractivity contribution < 1.29 is 9.18 Å². The summed E-state index contributed by atoms with van der Waals surface area (Å²) in [6, 6.07) is 13.3. The number of aromatic nitrogens is 4. The minimum absolute atomic E-state index is 0.116. The van der Waals surface area contributed by atoms with Gasteiger partial charge in [-0.25, -0.2) is 9.37 Å². The van der Waals surface area contributed by atoms with Gasteiger partial charge in [-0.2, -0.15) is 10.2 Å². The van der Waals surface area contributed by atoms with Crippen LogP contribution in [-0.2, 0) is 13.5 Å². The SMILES string of the molecule is Cn1cncc1-c1ccc2nnc(CC(=O)c3ccc(F)cc3)cc2c1. The van der Waals surface area contributed by atoms with Gasteiger partial charge in [-0.3, -0.25) is 4.79 Å². The number of Topliss-reactive ketones (excluding diaryl/α,β-unsaturated/α-hetero) is 1. The predicted molar refractivity (Wildman–Crippen MR) is 96.2 cm³/mol. The van der Waals surface area contributed by atoms with Crippen LogP contribution in [-0.4, -0.2) is 25.5 Å². The number of carbonyl (C=O) groups excluding carboxylic acids is 1. The summed E-state index contributed by atoms with van der Waals surface area (Å²) in [5.41, 5.74) is 3.80. The molecule has 2 aromatic heterocycles. The zero-order valence-corrected chi connectivity index (χ0v) is 14.1. The van der Waals surface area contributed by atoms with Crippen molar-refractivity contribution in [2.75, 3.05) is 0 Å². The van der Waals surface area contributed by atoms with Gasteiger partial charge in [0.2, 0.25) is 0 Å².